The van der Waals surface area contributed by atoms with Crippen LogP contribution in [0.3, 0.4) is 0 Å². The first kappa shape index (κ1) is 11.4. The summed E-state index contributed by atoms with van der Waals surface area (Å²) in [5.74, 6) is 3.91. The fourth-order valence-electron chi connectivity index (χ4n) is 1.57. The van der Waals surface area contributed by atoms with Crippen molar-refractivity contribution in [2.75, 3.05) is 23.8 Å². The van der Waals surface area contributed by atoms with Crippen LogP contribution >= 0.6 is 23.5 Å². The average molecular weight is 243 g/mol. The van der Waals surface area contributed by atoms with Gasteiger partial charge in [-0.2, -0.15) is 23.5 Å². The highest BCUT2D eigenvalue weighted by atomic mass is 32.2. The van der Waals surface area contributed by atoms with Crippen molar-refractivity contribution in [1.82, 2.24) is 15.3 Å². The maximum absolute atomic E-state index is 4.27. The smallest absolute Gasteiger partial charge is 0.0925 e. The van der Waals surface area contributed by atoms with Crippen molar-refractivity contribution in [2.45, 2.75) is 18.7 Å². The van der Waals surface area contributed by atoms with Crippen LogP contribution in [0.2, 0.25) is 0 Å². The highest BCUT2D eigenvalue weighted by Crippen LogP contribution is 2.23. The molecule has 84 valence electrons. The number of aryl methyl sites for hydroxylation is 1. The maximum Gasteiger partial charge on any atom is 0.0925 e. The Kier molecular flexibility index (Phi) is 4.41. The van der Waals surface area contributed by atoms with E-state index in [2.05, 4.69) is 45.7 Å². The van der Waals surface area contributed by atoms with Gasteiger partial charge in [0.2, 0.25) is 0 Å². The Morgan fingerprint density at radius 2 is 2.53 bits per heavy atom. The van der Waals surface area contributed by atoms with Gasteiger partial charge in [0, 0.05) is 41.3 Å². The number of thioether (sulfide) groups is 2. The Hall–Kier alpha value is -0.130. The summed E-state index contributed by atoms with van der Waals surface area (Å²) in [5, 5.41) is 4.26. The zero-order valence-electron chi connectivity index (χ0n) is 8.95. The van der Waals surface area contributed by atoms with Gasteiger partial charge >= 0.3 is 0 Å². The van der Waals surface area contributed by atoms with Crippen LogP contribution in [0.4, 0.5) is 0 Å². The molecular formula is C10H17N3S2. The summed E-state index contributed by atoms with van der Waals surface area (Å²) in [5.41, 5.74) is 2.32. The Bertz CT molecular complexity index is 295. The number of hydrogen-bond donors (Lipinski definition) is 2. The largest absolute Gasteiger partial charge is 0.348 e. The molecule has 0 aromatic carbocycles. The Morgan fingerprint density at radius 1 is 1.60 bits per heavy atom. The number of hydrogen-bond acceptors (Lipinski definition) is 4. The molecule has 0 aliphatic carbocycles. The van der Waals surface area contributed by atoms with Crippen molar-refractivity contribution in [1.29, 1.82) is 0 Å². The monoisotopic (exact) mass is 243 g/mol. The molecular weight excluding hydrogens is 226 g/mol. The molecule has 1 aliphatic heterocycles. The Morgan fingerprint density at radius 3 is 3.20 bits per heavy atom. The van der Waals surface area contributed by atoms with E-state index in [-0.39, 0.29) is 0 Å². The molecule has 1 fully saturated rings. The number of rotatable bonds is 4. The van der Waals surface area contributed by atoms with Gasteiger partial charge in [-0.1, -0.05) is 0 Å². The maximum atomic E-state index is 4.27. The van der Waals surface area contributed by atoms with Crippen LogP contribution in [0, 0.1) is 6.92 Å². The molecule has 0 amide bonds. The summed E-state index contributed by atoms with van der Waals surface area (Å²) in [6.07, 6.45) is 1.76. The van der Waals surface area contributed by atoms with Gasteiger partial charge in [-0.15, -0.1) is 0 Å². The van der Waals surface area contributed by atoms with Crippen molar-refractivity contribution in [2.24, 2.45) is 0 Å². The summed E-state index contributed by atoms with van der Waals surface area (Å²) < 4.78 is 0. The SMILES string of the molecule is Cc1[nH]cnc1CNCC1CSCCS1. The first-order chi connectivity index (χ1) is 7.36. The van der Waals surface area contributed by atoms with Gasteiger partial charge in [-0.05, 0) is 6.92 Å². The minimum absolute atomic E-state index is 0.781. The lowest BCUT2D eigenvalue weighted by Gasteiger charge is -2.20. The van der Waals surface area contributed by atoms with E-state index >= 15 is 0 Å². The van der Waals surface area contributed by atoms with Crippen LogP contribution < -0.4 is 5.32 Å². The zero-order valence-corrected chi connectivity index (χ0v) is 10.6. The predicted octanol–water partition coefficient (Wildman–Crippen LogP) is 1.66. The molecule has 2 heterocycles. The molecule has 5 heteroatoms. The molecule has 2 rings (SSSR count). The van der Waals surface area contributed by atoms with Crippen LogP contribution in [0.5, 0.6) is 0 Å². The molecule has 1 saturated heterocycles. The number of aromatic nitrogens is 2. The molecule has 1 atom stereocenters. The van der Waals surface area contributed by atoms with Crippen LogP contribution in [0.25, 0.3) is 0 Å². The Balaban J connectivity index is 1.68. The van der Waals surface area contributed by atoms with Gasteiger partial charge in [0.1, 0.15) is 0 Å². The normalized spacial score (nSPS) is 21.8. The van der Waals surface area contributed by atoms with E-state index in [4.69, 9.17) is 0 Å². The van der Waals surface area contributed by atoms with Crippen molar-refractivity contribution < 1.29 is 0 Å². The second kappa shape index (κ2) is 5.82. The summed E-state index contributed by atoms with van der Waals surface area (Å²) in [6.45, 7) is 4.05. The first-order valence-electron chi connectivity index (χ1n) is 5.25. The number of nitrogens with one attached hydrogen (secondary N) is 2. The van der Waals surface area contributed by atoms with Gasteiger partial charge in [0.05, 0.1) is 12.0 Å². The molecule has 1 aromatic rings. The summed E-state index contributed by atoms with van der Waals surface area (Å²) in [6, 6.07) is 0. The first-order valence-corrected chi connectivity index (χ1v) is 7.45. The summed E-state index contributed by atoms with van der Waals surface area (Å²) in [7, 11) is 0. The van der Waals surface area contributed by atoms with E-state index in [0.29, 0.717) is 0 Å². The lowest BCUT2D eigenvalue weighted by atomic mass is 10.3. The lowest BCUT2D eigenvalue weighted by Crippen LogP contribution is -2.28. The average Bonchev–Trinajstić information content (AvgIpc) is 2.66. The molecule has 0 bridgehead atoms. The molecule has 3 nitrogen and oxygen atoms in total. The van der Waals surface area contributed by atoms with Crippen molar-refractivity contribution in [3.63, 3.8) is 0 Å². The summed E-state index contributed by atoms with van der Waals surface area (Å²) in [4.78, 5) is 7.36. The van der Waals surface area contributed by atoms with E-state index in [1.54, 1.807) is 6.33 Å². The van der Waals surface area contributed by atoms with Gasteiger partial charge in [0.15, 0.2) is 0 Å². The highest BCUT2D eigenvalue weighted by molar-refractivity contribution is 8.06. The van der Waals surface area contributed by atoms with Crippen LogP contribution in [0.15, 0.2) is 6.33 Å². The highest BCUT2D eigenvalue weighted by Gasteiger charge is 2.13. The molecule has 1 aromatic heterocycles. The van der Waals surface area contributed by atoms with E-state index in [1.807, 2.05) is 0 Å². The fourth-order valence-corrected chi connectivity index (χ4v) is 4.22. The molecule has 15 heavy (non-hydrogen) atoms. The van der Waals surface area contributed by atoms with E-state index in [0.717, 1.165) is 24.0 Å². The van der Waals surface area contributed by atoms with Crippen LogP contribution in [-0.4, -0.2) is 39.0 Å². The third-order valence-electron chi connectivity index (χ3n) is 2.48. The summed E-state index contributed by atoms with van der Waals surface area (Å²) >= 11 is 4.16. The third kappa shape index (κ3) is 3.43. The molecule has 0 radical (unpaired) electrons. The van der Waals surface area contributed by atoms with Crippen molar-refractivity contribution >= 4 is 23.5 Å². The van der Waals surface area contributed by atoms with Crippen molar-refractivity contribution in [3.8, 4) is 0 Å². The topological polar surface area (TPSA) is 40.7 Å². The number of H-pyrrole nitrogens is 1. The van der Waals surface area contributed by atoms with E-state index < -0.39 is 0 Å². The van der Waals surface area contributed by atoms with E-state index in [9.17, 15) is 0 Å². The van der Waals surface area contributed by atoms with Crippen molar-refractivity contribution in [3.05, 3.63) is 17.7 Å². The molecule has 0 spiro atoms. The van der Waals surface area contributed by atoms with Crippen LogP contribution in [-0.2, 0) is 6.54 Å². The number of imidazole rings is 1. The number of nitrogens with zero attached hydrogens (tertiary/aromatic N) is 1. The standard InChI is InChI=1S/C10H17N3S2/c1-8-10(13-7-12-8)5-11-4-9-6-14-2-3-15-9/h7,9,11H,2-6H2,1H3,(H,12,13). The minimum Gasteiger partial charge on any atom is -0.348 e. The van der Waals surface area contributed by atoms with Gasteiger partial charge < -0.3 is 10.3 Å². The predicted molar refractivity (Wildman–Crippen MR) is 68.6 cm³/mol. The van der Waals surface area contributed by atoms with Crippen LogP contribution in [0.1, 0.15) is 11.4 Å². The van der Waals surface area contributed by atoms with Gasteiger partial charge in [0.25, 0.3) is 0 Å². The van der Waals surface area contributed by atoms with Gasteiger partial charge in [-0.25, -0.2) is 4.98 Å². The second-order valence-corrected chi connectivity index (χ2v) is 6.23. The minimum atomic E-state index is 0.781. The third-order valence-corrected chi connectivity index (χ3v) is 5.33. The number of aromatic amines is 1. The Labute approximate surface area is 99.2 Å². The lowest BCUT2D eigenvalue weighted by molar-refractivity contribution is 0.674. The van der Waals surface area contributed by atoms with Gasteiger partial charge in [-0.3, -0.25) is 0 Å². The van der Waals surface area contributed by atoms with E-state index in [1.165, 1.54) is 23.0 Å². The second-order valence-electron chi connectivity index (χ2n) is 3.67. The quantitative estimate of drug-likeness (QED) is 0.844. The molecule has 2 N–H and O–H groups in total. The molecule has 1 unspecified atom stereocenters. The zero-order chi connectivity index (χ0) is 10.5. The molecule has 1 aliphatic rings. The molecule has 0 saturated carbocycles. The fraction of sp³-hybridized carbons (Fsp3) is 0.700.